The van der Waals surface area contributed by atoms with Crippen molar-refractivity contribution in [2.75, 3.05) is 6.61 Å². The number of halogens is 1. The molecule has 2 heterocycles. The van der Waals surface area contributed by atoms with E-state index in [0.29, 0.717) is 5.69 Å². The third-order valence-electron chi connectivity index (χ3n) is 4.20. The second kappa shape index (κ2) is 7.14. The summed E-state index contributed by atoms with van der Waals surface area (Å²) in [7, 11) is 1.45. The molecule has 0 saturated carbocycles. The lowest BCUT2D eigenvalue weighted by Gasteiger charge is -2.13. The molecule has 0 radical (unpaired) electrons. The van der Waals surface area contributed by atoms with Crippen LogP contribution in [0.5, 0.6) is 0 Å². The average molecular weight is 371 g/mol. The van der Waals surface area contributed by atoms with E-state index in [9.17, 15) is 18.8 Å². The number of ether oxygens (including phenoxy) is 1. The van der Waals surface area contributed by atoms with E-state index < -0.39 is 23.0 Å². The summed E-state index contributed by atoms with van der Waals surface area (Å²) in [5.74, 6) is -1.21. The summed E-state index contributed by atoms with van der Waals surface area (Å²) in [5.41, 5.74) is -0.601. The van der Waals surface area contributed by atoms with Crippen LogP contribution < -0.4 is 11.2 Å². The van der Waals surface area contributed by atoms with Gasteiger partial charge in [-0.25, -0.2) is 19.0 Å². The van der Waals surface area contributed by atoms with Gasteiger partial charge in [0.25, 0.3) is 5.56 Å². The molecular formula is C19H18FN3O4. The van der Waals surface area contributed by atoms with Crippen LogP contribution in [0.25, 0.3) is 11.0 Å². The number of aryl methyl sites for hydroxylation is 2. The van der Waals surface area contributed by atoms with Crippen LogP contribution in [0, 0.1) is 12.7 Å². The third-order valence-corrected chi connectivity index (χ3v) is 4.20. The molecule has 0 amide bonds. The monoisotopic (exact) mass is 371 g/mol. The number of rotatable bonds is 4. The first kappa shape index (κ1) is 18.5. The predicted molar refractivity (Wildman–Crippen MR) is 97.4 cm³/mol. The van der Waals surface area contributed by atoms with Gasteiger partial charge in [0.15, 0.2) is 0 Å². The van der Waals surface area contributed by atoms with Gasteiger partial charge in [0.1, 0.15) is 11.5 Å². The highest BCUT2D eigenvalue weighted by Crippen LogP contribution is 2.15. The summed E-state index contributed by atoms with van der Waals surface area (Å²) in [6.07, 6.45) is 0. The molecule has 0 saturated heterocycles. The van der Waals surface area contributed by atoms with Crippen LogP contribution in [0.15, 0.2) is 39.9 Å². The summed E-state index contributed by atoms with van der Waals surface area (Å²) >= 11 is 0. The number of carbonyl (C=O) groups excluding carboxylic acids is 1. The lowest BCUT2D eigenvalue weighted by atomic mass is 10.1. The van der Waals surface area contributed by atoms with Crippen molar-refractivity contribution in [3.63, 3.8) is 0 Å². The van der Waals surface area contributed by atoms with Crippen LogP contribution in [0.2, 0.25) is 0 Å². The first-order valence-corrected chi connectivity index (χ1v) is 8.36. The second-order valence-electron chi connectivity index (χ2n) is 6.05. The average Bonchev–Trinajstić information content (AvgIpc) is 2.64. The molecule has 0 spiro atoms. The van der Waals surface area contributed by atoms with Crippen molar-refractivity contribution < 1.29 is 13.9 Å². The van der Waals surface area contributed by atoms with Gasteiger partial charge in [-0.2, -0.15) is 0 Å². The van der Waals surface area contributed by atoms with Crippen molar-refractivity contribution in [2.24, 2.45) is 7.05 Å². The normalized spacial score (nSPS) is 11.0. The van der Waals surface area contributed by atoms with Crippen molar-refractivity contribution in [1.29, 1.82) is 0 Å². The van der Waals surface area contributed by atoms with E-state index in [4.69, 9.17) is 4.74 Å². The number of hydrogen-bond acceptors (Lipinski definition) is 5. The SMILES string of the molecule is CCOC(=O)c1cc(C)nc2c1c(=O)n(Cc1ccccc1F)c(=O)n2C. The molecule has 0 aliphatic carbocycles. The second-order valence-corrected chi connectivity index (χ2v) is 6.05. The number of pyridine rings is 1. The highest BCUT2D eigenvalue weighted by atomic mass is 19.1. The maximum atomic E-state index is 14.0. The fraction of sp³-hybridized carbons (Fsp3) is 0.263. The number of hydrogen-bond donors (Lipinski definition) is 0. The first-order valence-electron chi connectivity index (χ1n) is 8.36. The van der Waals surface area contributed by atoms with Crippen LogP contribution in [-0.4, -0.2) is 26.7 Å². The number of benzene rings is 1. The van der Waals surface area contributed by atoms with E-state index in [-0.39, 0.29) is 35.3 Å². The molecule has 7 nitrogen and oxygen atoms in total. The fourth-order valence-electron chi connectivity index (χ4n) is 2.91. The Bertz CT molecular complexity index is 1160. The fourth-order valence-corrected chi connectivity index (χ4v) is 2.91. The summed E-state index contributed by atoms with van der Waals surface area (Å²) in [6, 6.07) is 7.32. The Morgan fingerprint density at radius 3 is 2.63 bits per heavy atom. The van der Waals surface area contributed by atoms with Gasteiger partial charge in [-0.15, -0.1) is 0 Å². The molecule has 0 fully saturated rings. The molecule has 8 heteroatoms. The number of nitrogens with zero attached hydrogens (tertiary/aromatic N) is 3. The molecule has 3 rings (SSSR count). The van der Waals surface area contributed by atoms with Gasteiger partial charge >= 0.3 is 11.7 Å². The van der Waals surface area contributed by atoms with Gasteiger partial charge in [-0.05, 0) is 26.0 Å². The van der Waals surface area contributed by atoms with Crippen molar-refractivity contribution >= 4 is 17.0 Å². The Hall–Kier alpha value is -3.29. The number of esters is 1. The Labute approximate surface area is 153 Å². The van der Waals surface area contributed by atoms with Gasteiger partial charge in [0.05, 0.1) is 24.1 Å². The maximum Gasteiger partial charge on any atom is 0.339 e. The lowest BCUT2D eigenvalue weighted by Crippen LogP contribution is -2.40. The Balaban J connectivity index is 2.34. The van der Waals surface area contributed by atoms with Crippen molar-refractivity contribution in [1.82, 2.24) is 14.1 Å². The van der Waals surface area contributed by atoms with Crippen LogP contribution in [-0.2, 0) is 18.3 Å². The summed E-state index contributed by atoms with van der Waals surface area (Å²) < 4.78 is 21.1. The summed E-state index contributed by atoms with van der Waals surface area (Å²) in [6.45, 7) is 3.18. The Morgan fingerprint density at radius 2 is 1.96 bits per heavy atom. The summed E-state index contributed by atoms with van der Waals surface area (Å²) in [4.78, 5) is 42.3. The number of carbonyl (C=O) groups is 1. The Kier molecular flexibility index (Phi) is 4.89. The molecule has 0 aliphatic heterocycles. The van der Waals surface area contributed by atoms with Gasteiger partial charge in [-0.1, -0.05) is 18.2 Å². The van der Waals surface area contributed by atoms with E-state index in [1.54, 1.807) is 19.9 Å². The topological polar surface area (TPSA) is 83.2 Å². The zero-order chi connectivity index (χ0) is 19.7. The number of fused-ring (bicyclic) bond motifs is 1. The molecule has 27 heavy (non-hydrogen) atoms. The van der Waals surface area contributed by atoms with Crippen molar-refractivity contribution in [3.8, 4) is 0 Å². The smallest absolute Gasteiger partial charge is 0.339 e. The highest BCUT2D eigenvalue weighted by molar-refractivity contribution is 6.02. The van der Waals surface area contributed by atoms with Gasteiger partial charge < -0.3 is 4.74 Å². The first-order chi connectivity index (χ1) is 12.8. The molecule has 140 valence electrons. The predicted octanol–water partition coefficient (Wildman–Crippen LogP) is 1.77. The van der Waals surface area contributed by atoms with Crippen LogP contribution >= 0.6 is 0 Å². The van der Waals surface area contributed by atoms with Crippen molar-refractivity contribution in [2.45, 2.75) is 20.4 Å². The molecule has 0 N–H and O–H groups in total. The van der Waals surface area contributed by atoms with Crippen LogP contribution in [0.3, 0.4) is 0 Å². The molecular weight excluding hydrogens is 353 g/mol. The van der Waals surface area contributed by atoms with E-state index in [0.717, 1.165) is 4.57 Å². The molecule has 0 aliphatic rings. The highest BCUT2D eigenvalue weighted by Gasteiger charge is 2.21. The van der Waals surface area contributed by atoms with E-state index in [1.807, 2.05) is 0 Å². The minimum atomic E-state index is -0.716. The molecule has 1 aromatic carbocycles. The molecule has 0 bridgehead atoms. The minimum Gasteiger partial charge on any atom is -0.462 e. The van der Waals surface area contributed by atoms with Gasteiger partial charge in [0, 0.05) is 18.3 Å². The molecule has 0 unspecified atom stereocenters. The standard InChI is InChI=1S/C19H18FN3O4/c1-4-27-18(25)13-9-11(2)21-16-15(13)17(24)23(19(26)22(16)3)10-12-7-5-6-8-14(12)20/h5-9H,4,10H2,1-3H3. The summed E-state index contributed by atoms with van der Waals surface area (Å²) in [5, 5.41) is -0.0301. The zero-order valence-electron chi connectivity index (χ0n) is 15.2. The van der Waals surface area contributed by atoms with E-state index >= 15 is 0 Å². The van der Waals surface area contributed by atoms with Gasteiger partial charge in [0.2, 0.25) is 0 Å². The molecule has 3 aromatic rings. The lowest BCUT2D eigenvalue weighted by molar-refractivity contribution is 0.0528. The Morgan fingerprint density at radius 1 is 1.26 bits per heavy atom. The van der Waals surface area contributed by atoms with Crippen molar-refractivity contribution in [3.05, 3.63) is 73.8 Å². The quantitative estimate of drug-likeness (QED) is 0.653. The zero-order valence-corrected chi connectivity index (χ0v) is 15.2. The minimum absolute atomic E-state index is 0.0298. The third kappa shape index (κ3) is 3.25. The van der Waals surface area contributed by atoms with Gasteiger partial charge in [-0.3, -0.25) is 13.9 Å². The van der Waals surface area contributed by atoms with Crippen LogP contribution in [0.4, 0.5) is 4.39 Å². The molecule has 2 aromatic heterocycles. The number of aromatic nitrogens is 3. The van der Waals surface area contributed by atoms with E-state index in [2.05, 4.69) is 4.98 Å². The van der Waals surface area contributed by atoms with Crippen LogP contribution in [0.1, 0.15) is 28.5 Å². The maximum absolute atomic E-state index is 14.0. The molecule has 0 atom stereocenters. The largest absolute Gasteiger partial charge is 0.462 e. The van der Waals surface area contributed by atoms with E-state index in [1.165, 1.54) is 35.9 Å².